The van der Waals surface area contributed by atoms with Crippen LogP contribution in [-0.2, 0) is 19.6 Å². The van der Waals surface area contributed by atoms with Crippen molar-refractivity contribution >= 4 is 27.5 Å². The van der Waals surface area contributed by atoms with Crippen molar-refractivity contribution in [2.24, 2.45) is 0 Å². The van der Waals surface area contributed by atoms with Gasteiger partial charge >= 0.3 is 0 Å². The van der Waals surface area contributed by atoms with E-state index in [4.69, 9.17) is 0 Å². The monoisotopic (exact) mass is 310 g/mol. The van der Waals surface area contributed by atoms with Gasteiger partial charge in [0.15, 0.2) is 0 Å². The van der Waals surface area contributed by atoms with E-state index in [0.29, 0.717) is 5.69 Å². The predicted octanol–water partition coefficient (Wildman–Crippen LogP) is -0.295. The lowest BCUT2D eigenvalue weighted by Crippen LogP contribution is -2.53. The highest BCUT2D eigenvalue weighted by Crippen LogP contribution is 2.26. The van der Waals surface area contributed by atoms with Crippen LogP contribution >= 0.6 is 0 Å². The first-order chi connectivity index (χ1) is 9.89. The van der Waals surface area contributed by atoms with Gasteiger partial charge in [-0.15, -0.1) is 0 Å². The normalized spacial score (nSPS) is 20.9. The van der Waals surface area contributed by atoms with E-state index in [9.17, 15) is 23.1 Å². The van der Waals surface area contributed by atoms with E-state index in [1.165, 1.54) is 28.6 Å². The van der Waals surface area contributed by atoms with Gasteiger partial charge in [0.25, 0.3) is 0 Å². The van der Waals surface area contributed by atoms with Gasteiger partial charge in [0.2, 0.25) is 21.8 Å². The minimum absolute atomic E-state index is 0.0808. The minimum atomic E-state index is -3.62. The Morgan fingerprint density at radius 1 is 1.00 bits per heavy atom. The standard InChI is InChI=1S/C13H14N2O5S/c16-10-7-14(8-10)21(19,20)11-3-1-9(2-4-11)15-12(17)5-6-13(15)18/h1-4,10,16H,5-8H2. The quantitative estimate of drug-likeness (QED) is 0.774. The lowest BCUT2D eigenvalue weighted by Gasteiger charge is -2.34. The Kier molecular flexibility index (Phi) is 3.31. The smallest absolute Gasteiger partial charge is 0.243 e. The Morgan fingerprint density at radius 2 is 1.52 bits per heavy atom. The van der Waals surface area contributed by atoms with Crippen LogP contribution in [0.3, 0.4) is 0 Å². The zero-order valence-corrected chi connectivity index (χ0v) is 11.9. The maximum Gasteiger partial charge on any atom is 0.243 e. The van der Waals surface area contributed by atoms with Crippen LogP contribution < -0.4 is 4.90 Å². The Labute approximate surface area is 121 Å². The molecule has 0 atom stereocenters. The molecule has 2 amide bonds. The van der Waals surface area contributed by atoms with Gasteiger partial charge in [0, 0.05) is 25.9 Å². The van der Waals surface area contributed by atoms with Crippen LogP contribution in [0.2, 0.25) is 0 Å². The van der Waals surface area contributed by atoms with Crippen molar-refractivity contribution in [3.63, 3.8) is 0 Å². The van der Waals surface area contributed by atoms with Crippen molar-refractivity contribution in [2.75, 3.05) is 18.0 Å². The third kappa shape index (κ3) is 2.35. The van der Waals surface area contributed by atoms with Crippen LogP contribution in [0.5, 0.6) is 0 Å². The summed E-state index contributed by atoms with van der Waals surface area (Å²) in [5, 5.41) is 9.19. The maximum atomic E-state index is 12.2. The molecule has 2 saturated heterocycles. The van der Waals surface area contributed by atoms with E-state index < -0.39 is 16.1 Å². The lowest BCUT2D eigenvalue weighted by molar-refractivity contribution is -0.121. The van der Waals surface area contributed by atoms with Crippen molar-refractivity contribution in [1.82, 2.24) is 4.31 Å². The average molecular weight is 310 g/mol. The molecule has 1 N–H and O–H groups in total. The first-order valence-corrected chi connectivity index (χ1v) is 7.97. The number of hydrogen-bond donors (Lipinski definition) is 1. The fraction of sp³-hybridized carbons (Fsp3) is 0.385. The van der Waals surface area contributed by atoms with E-state index >= 15 is 0 Å². The first-order valence-electron chi connectivity index (χ1n) is 6.53. The van der Waals surface area contributed by atoms with Gasteiger partial charge in [-0.2, -0.15) is 4.31 Å². The number of aliphatic hydroxyl groups excluding tert-OH is 1. The van der Waals surface area contributed by atoms with Crippen LogP contribution in [-0.4, -0.2) is 48.8 Å². The molecule has 0 aliphatic carbocycles. The van der Waals surface area contributed by atoms with Crippen molar-refractivity contribution in [2.45, 2.75) is 23.8 Å². The fourth-order valence-electron chi connectivity index (χ4n) is 2.39. The van der Waals surface area contributed by atoms with Gasteiger partial charge in [0.05, 0.1) is 16.7 Å². The molecule has 21 heavy (non-hydrogen) atoms. The van der Waals surface area contributed by atoms with Gasteiger partial charge in [-0.05, 0) is 24.3 Å². The highest BCUT2D eigenvalue weighted by molar-refractivity contribution is 7.89. The number of carbonyl (C=O) groups excluding carboxylic acids is 2. The Balaban J connectivity index is 1.84. The number of anilines is 1. The highest BCUT2D eigenvalue weighted by Gasteiger charge is 2.36. The zero-order chi connectivity index (χ0) is 15.2. The third-order valence-electron chi connectivity index (χ3n) is 3.61. The highest BCUT2D eigenvalue weighted by atomic mass is 32.2. The zero-order valence-electron chi connectivity index (χ0n) is 11.1. The molecule has 1 aromatic carbocycles. The van der Waals surface area contributed by atoms with Crippen molar-refractivity contribution in [1.29, 1.82) is 0 Å². The fourth-order valence-corrected chi connectivity index (χ4v) is 3.91. The molecule has 0 spiro atoms. The van der Waals surface area contributed by atoms with Gasteiger partial charge < -0.3 is 5.11 Å². The number of β-amino-alcohol motifs (C(OH)–C–C–N with tert-alkyl or cyclic N) is 1. The first kappa shape index (κ1) is 14.2. The molecular formula is C13H14N2O5S. The molecule has 2 heterocycles. The van der Waals surface area contributed by atoms with E-state index in [2.05, 4.69) is 0 Å². The van der Waals surface area contributed by atoms with Crippen molar-refractivity contribution in [3.05, 3.63) is 24.3 Å². The summed E-state index contributed by atoms with van der Waals surface area (Å²) in [4.78, 5) is 24.4. The van der Waals surface area contributed by atoms with Crippen molar-refractivity contribution in [3.8, 4) is 0 Å². The molecule has 8 heteroatoms. The SMILES string of the molecule is O=C1CCC(=O)N1c1ccc(S(=O)(=O)N2CC(O)C2)cc1. The molecule has 0 aromatic heterocycles. The van der Waals surface area contributed by atoms with Crippen LogP contribution in [0.4, 0.5) is 5.69 Å². The predicted molar refractivity (Wildman–Crippen MR) is 72.9 cm³/mol. The summed E-state index contributed by atoms with van der Waals surface area (Å²) in [6.07, 6.45) is -0.242. The lowest BCUT2D eigenvalue weighted by atomic mass is 10.2. The molecule has 2 aliphatic heterocycles. The number of benzene rings is 1. The molecule has 0 radical (unpaired) electrons. The molecule has 0 saturated carbocycles. The number of hydrogen-bond acceptors (Lipinski definition) is 5. The molecule has 2 aliphatic rings. The van der Waals surface area contributed by atoms with Gasteiger partial charge in [-0.25, -0.2) is 8.42 Å². The van der Waals surface area contributed by atoms with E-state index in [-0.39, 0.29) is 42.6 Å². The molecule has 2 fully saturated rings. The Hall–Kier alpha value is -1.77. The third-order valence-corrected chi connectivity index (χ3v) is 5.46. The number of aliphatic hydroxyl groups is 1. The second-order valence-corrected chi connectivity index (χ2v) is 7.03. The molecule has 112 valence electrons. The number of carbonyl (C=O) groups is 2. The van der Waals surface area contributed by atoms with Crippen LogP contribution in [0.15, 0.2) is 29.2 Å². The molecular weight excluding hydrogens is 296 g/mol. The van der Waals surface area contributed by atoms with Crippen LogP contribution in [0.1, 0.15) is 12.8 Å². The van der Waals surface area contributed by atoms with Gasteiger partial charge in [-0.1, -0.05) is 0 Å². The summed E-state index contributed by atoms with van der Waals surface area (Å²) in [5.41, 5.74) is 0.380. The second-order valence-electron chi connectivity index (χ2n) is 5.09. The number of nitrogens with zero attached hydrogens (tertiary/aromatic N) is 2. The minimum Gasteiger partial charge on any atom is -0.390 e. The summed E-state index contributed by atoms with van der Waals surface area (Å²) in [6.45, 7) is 0.181. The number of amides is 2. The van der Waals surface area contributed by atoms with Gasteiger partial charge in [0.1, 0.15) is 0 Å². The molecule has 7 nitrogen and oxygen atoms in total. The summed E-state index contributed by atoms with van der Waals surface area (Å²) < 4.78 is 25.6. The van der Waals surface area contributed by atoms with E-state index in [1.54, 1.807) is 0 Å². The summed E-state index contributed by atoms with van der Waals surface area (Å²) in [5.74, 6) is -0.553. The Morgan fingerprint density at radius 3 is 2.00 bits per heavy atom. The number of rotatable bonds is 3. The summed E-state index contributed by atoms with van der Waals surface area (Å²) in [6, 6.07) is 5.64. The number of imide groups is 1. The van der Waals surface area contributed by atoms with Crippen LogP contribution in [0.25, 0.3) is 0 Å². The summed E-state index contributed by atoms with van der Waals surface area (Å²) in [7, 11) is -3.62. The van der Waals surface area contributed by atoms with Crippen LogP contribution in [0, 0.1) is 0 Å². The second kappa shape index (κ2) is 4.90. The summed E-state index contributed by atoms with van der Waals surface area (Å²) >= 11 is 0. The Bertz CT molecular complexity index is 676. The molecule has 3 rings (SSSR count). The van der Waals surface area contributed by atoms with E-state index in [0.717, 1.165) is 4.90 Å². The molecule has 1 aromatic rings. The van der Waals surface area contributed by atoms with E-state index in [1.807, 2.05) is 0 Å². The topological polar surface area (TPSA) is 95.0 Å². The maximum absolute atomic E-state index is 12.2. The largest absolute Gasteiger partial charge is 0.390 e. The molecule has 0 unspecified atom stereocenters. The van der Waals surface area contributed by atoms with Crippen molar-refractivity contribution < 1.29 is 23.1 Å². The molecule has 0 bridgehead atoms. The number of sulfonamides is 1. The average Bonchev–Trinajstić information content (AvgIpc) is 2.75. The van der Waals surface area contributed by atoms with Gasteiger partial charge in [-0.3, -0.25) is 14.5 Å².